The molecule has 0 aliphatic heterocycles. The molecule has 0 unspecified atom stereocenters. The highest BCUT2D eigenvalue weighted by Crippen LogP contribution is 2.27. The van der Waals surface area contributed by atoms with E-state index in [9.17, 15) is 16.8 Å². The van der Waals surface area contributed by atoms with E-state index >= 15 is 0 Å². The van der Waals surface area contributed by atoms with Crippen LogP contribution in [0.25, 0.3) is 0 Å². The molecule has 0 fully saturated rings. The van der Waals surface area contributed by atoms with E-state index in [-0.39, 0.29) is 20.5 Å². The smallest absolute Gasteiger partial charge is 0.263 e. The van der Waals surface area contributed by atoms with E-state index in [0.717, 1.165) is 0 Å². The summed E-state index contributed by atoms with van der Waals surface area (Å²) in [4.78, 5) is -0.205. The number of rotatable bonds is 6. The molecule has 0 atom stereocenters. The lowest BCUT2D eigenvalue weighted by Crippen LogP contribution is -2.16. The molecule has 2 N–H and O–H groups in total. The summed E-state index contributed by atoms with van der Waals surface area (Å²) in [6.45, 7) is 1.66. The Balaban J connectivity index is 1.94. The van der Waals surface area contributed by atoms with Crippen molar-refractivity contribution in [3.05, 3.63) is 82.3 Å². The maximum atomic E-state index is 12.7. The van der Waals surface area contributed by atoms with Crippen LogP contribution in [0.3, 0.4) is 0 Å². The van der Waals surface area contributed by atoms with Gasteiger partial charge in [-0.25, -0.2) is 16.8 Å². The third kappa shape index (κ3) is 5.02. The van der Waals surface area contributed by atoms with Crippen LogP contribution >= 0.6 is 23.2 Å². The molecule has 0 aliphatic carbocycles. The summed E-state index contributed by atoms with van der Waals surface area (Å²) >= 11 is 11.8. The first-order valence-electron chi connectivity index (χ1n) is 8.25. The molecule has 0 aromatic heterocycles. The van der Waals surface area contributed by atoms with Gasteiger partial charge >= 0.3 is 0 Å². The quantitative estimate of drug-likeness (QED) is 0.535. The Hall–Kier alpha value is -2.26. The van der Waals surface area contributed by atoms with E-state index in [1.54, 1.807) is 31.2 Å². The number of anilines is 2. The molecule has 0 bridgehead atoms. The molecule has 10 heteroatoms. The van der Waals surface area contributed by atoms with Gasteiger partial charge in [-0.3, -0.25) is 9.44 Å². The summed E-state index contributed by atoms with van der Waals surface area (Å²) in [6.07, 6.45) is 0. The number of benzene rings is 3. The molecular formula is C19H16Cl2N2O4S2. The summed E-state index contributed by atoms with van der Waals surface area (Å²) in [5.74, 6) is 0. The minimum atomic E-state index is -4.00. The molecule has 0 heterocycles. The predicted molar refractivity (Wildman–Crippen MR) is 116 cm³/mol. The first-order valence-corrected chi connectivity index (χ1v) is 12.0. The summed E-state index contributed by atoms with van der Waals surface area (Å²) in [7, 11) is -7.95. The highest BCUT2D eigenvalue weighted by molar-refractivity contribution is 7.93. The normalized spacial score (nSPS) is 11.8. The highest BCUT2D eigenvalue weighted by Gasteiger charge is 2.21. The third-order valence-electron chi connectivity index (χ3n) is 3.99. The summed E-state index contributed by atoms with van der Waals surface area (Å²) in [5, 5.41) is 0.533. The molecule has 0 aliphatic rings. The maximum Gasteiger partial charge on any atom is 0.263 e. The maximum absolute atomic E-state index is 12.7. The molecular weight excluding hydrogens is 455 g/mol. The molecule has 3 aromatic carbocycles. The summed E-state index contributed by atoms with van der Waals surface area (Å²) < 4.78 is 55.6. The highest BCUT2D eigenvalue weighted by atomic mass is 35.5. The van der Waals surface area contributed by atoms with Crippen molar-refractivity contribution in [2.45, 2.75) is 16.7 Å². The number of hydrogen-bond donors (Lipinski definition) is 2. The summed E-state index contributed by atoms with van der Waals surface area (Å²) in [6, 6.07) is 16.3. The molecule has 3 rings (SSSR count). The van der Waals surface area contributed by atoms with Gasteiger partial charge in [0.25, 0.3) is 20.0 Å². The average molecular weight is 471 g/mol. The van der Waals surface area contributed by atoms with Gasteiger partial charge in [0.05, 0.1) is 15.6 Å². The molecule has 29 heavy (non-hydrogen) atoms. The average Bonchev–Trinajstić information content (AvgIpc) is 2.65. The number of hydrogen-bond acceptors (Lipinski definition) is 4. The van der Waals surface area contributed by atoms with Crippen LogP contribution in [0.2, 0.25) is 10.0 Å². The van der Waals surface area contributed by atoms with Gasteiger partial charge in [0.1, 0.15) is 4.90 Å². The molecule has 6 nitrogen and oxygen atoms in total. The second-order valence-corrected chi connectivity index (χ2v) is 10.3. The summed E-state index contributed by atoms with van der Waals surface area (Å²) in [5.41, 5.74) is 1.00. The predicted octanol–water partition coefficient (Wildman–Crippen LogP) is 4.90. The first-order chi connectivity index (χ1) is 13.6. The van der Waals surface area contributed by atoms with Gasteiger partial charge in [0.2, 0.25) is 0 Å². The lowest BCUT2D eigenvalue weighted by molar-refractivity contribution is 0.598. The van der Waals surface area contributed by atoms with Crippen molar-refractivity contribution in [1.82, 2.24) is 0 Å². The van der Waals surface area contributed by atoms with Gasteiger partial charge in [-0.15, -0.1) is 0 Å². The van der Waals surface area contributed by atoms with Crippen LogP contribution in [0.4, 0.5) is 11.4 Å². The Bertz CT molecular complexity index is 1260. The molecule has 3 aromatic rings. The molecule has 152 valence electrons. The van der Waals surface area contributed by atoms with E-state index in [1.807, 2.05) is 0 Å². The van der Waals surface area contributed by atoms with Crippen molar-refractivity contribution in [3.63, 3.8) is 0 Å². The van der Waals surface area contributed by atoms with E-state index in [4.69, 9.17) is 23.2 Å². The SMILES string of the molecule is Cc1ccc(S(=O)(=O)Nc2ccc(Cl)cc2)cc1NS(=O)(=O)c1ccccc1Cl. The van der Waals surface area contributed by atoms with Crippen LogP contribution in [0.1, 0.15) is 5.56 Å². The second kappa shape index (κ2) is 8.23. The standard InChI is InChI=1S/C19H16Cl2N2O4S2/c1-13-6-11-16(28(24,25)22-15-9-7-14(20)8-10-15)12-18(13)23-29(26,27)19-5-3-2-4-17(19)21/h2-12,22-23H,1H3. The molecule has 0 radical (unpaired) electrons. The van der Waals surface area contributed by atoms with Crippen molar-refractivity contribution in [1.29, 1.82) is 0 Å². The fourth-order valence-electron chi connectivity index (χ4n) is 2.47. The number of nitrogens with one attached hydrogen (secondary N) is 2. The Labute approximate surface area is 179 Å². The Kier molecular flexibility index (Phi) is 6.09. The van der Waals surface area contributed by atoms with Crippen molar-refractivity contribution in [2.24, 2.45) is 0 Å². The van der Waals surface area contributed by atoms with Crippen LogP contribution in [0.5, 0.6) is 0 Å². The molecule has 0 saturated heterocycles. The number of sulfonamides is 2. The van der Waals surface area contributed by atoms with Crippen LogP contribution in [0, 0.1) is 6.92 Å². The fraction of sp³-hybridized carbons (Fsp3) is 0.0526. The minimum absolute atomic E-state index is 0.0610. The van der Waals surface area contributed by atoms with E-state index in [0.29, 0.717) is 16.3 Å². The van der Waals surface area contributed by atoms with Crippen molar-refractivity contribution in [3.8, 4) is 0 Å². The van der Waals surface area contributed by atoms with E-state index in [2.05, 4.69) is 9.44 Å². The zero-order chi connectivity index (χ0) is 21.2. The molecule has 0 amide bonds. The Morgan fingerprint density at radius 3 is 2.07 bits per heavy atom. The van der Waals surface area contributed by atoms with Gasteiger partial charge in [-0.2, -0.15) is 0 Å². The van der Waals surface area contributed by atoms with Gasteiger partial charge in [-0.05, 0) is 61.0 Å². The van der Waals surface area contributed by atoms with E-state index in [1.165, 1.54) is 42.5 Å². The zero-order valence-corrected chi connectivity index (χ0v) is 18.2. The van der Waals surface area contributed by atoms with Crippen LogP contribution in [0.15, 0.2) is 76.5 Å². The zero-order valence-electron chi connectivity index (χ0n) is 15.1. The first kappa shape index (κ1) is 21.4. The molecule has 0 spiro atoms. The topological polar surface area (TPSA) is 92.3 Å². The van der Waals surface area contributed by atoms with Crippen LogP contribution < -0.4 is 9.44 Å². The van der Waals surface area contributed by atoms with Gasteiger partial charge in [0.15, 0.2) is 0 Å². The largest absolute Gasteiger partial charge is 0.280 e. The van der Waals surface area contributed by atoms with Crippen LogP contribution in [-0.2, 0) is 20.0 Å². The minimum Gasteiger partial charge on any atom is -0.280 e. The lowest BCUT2D eigenvalue weighted by Gasteiger charge is -2.14. The van der Waals surface area contributed by atoms with Crippen molar-refractivity contribution < 1.29 is 16.8 Å². The molecule has 0 saturated carbocycles. The second-order valence-electron chi connectivity index (χ2n) is 6.13. The monoisotopic (exact) mass is 470 g/mol. The van der Waals surface area contributed by atoms with Crippen molar-refractivity contribution >= 4 is 54.6 Å². The van der Waals surface area contributed by atoms with Gasteiger partial charge in [-0.1, -0.05) is 41.4 Å². The number of aryl methyl sites for hydroxylation is 1. The number of halogens is 2. The third-order valence-corrected chi connectivity index (χ3v) is 7.48. The van der Waals surface area contributed by atoms with Crippen LogP contribution in [-0.4, -0.2) is 16.8 Å². The Morgan fingerprint density at radius 2 is 1.41 bits per heavy atom. The fourth-order valence-corrected chi connectivity index (χ4v) is 5.33. The van der Waals surface area contributed by atoms with Gasteiger partial charge in [0, 0.05) is 10.7 Å². The van der Waals surface area contributed by atoms with E-state index < -0.39 is 20.0 Å². The lowest BCUT2D eigenvalue weighted by atomic mass is 10.2. The van der Waals surface area contributed by atoms with Gasteiger partial charge < -0.3 is 0 Å². The van der Waals surface area contributed by atoms with Crippen molar-refractivity contribution in [2.75, 3.05) is 9.44 Å². The Morgan fingerprint density at radius 1 is 0.759 bits per heavy atom.